The van der Waals surface area contributed by atoms with Crippen molar-refractivity contribution in [3.05, 3.63) is 132 Å². The van der Waals surface area contributed by atoms with E-state index in [2.05, 4.69) is 40.3 Å². The molecule has 5 nitrogen and oxygen atoms in total. The molecular weight excluding hydrogens is 480 g/mol. The van der Waals surface area contributed by atoms with E-state index in [1.54, 1.807) is 12.4 Å². The van der Waals surface area contributed by atoms with Crippen LogP contribution in [0.5, 0.6) is 0 Å². The van der Waals surface area contributed by atoms with Crippen LogP contribution in [0.15, 0.2) is 126 Å². The van der Waals surface area contributed by atoms with Crippen molar-refractivity contribution in [2.45, 2.75) is 0 Å². The Kier molecular flexibility index (Phi) is 4.60. The van der Waals surface area contributed by atoms with Crippen LogP contribution in [-0.4, -0.2) is 19.4 Å². The third kappa shape index (κ3) is 3.20. The number of aromatic nitrogens is 4. The first-order valence-corrected chi connectivity index (χ1v) is 12.8. The molecule has 3 aromatic carbocycles. The summed E-state index contributed by atoms with van der Waals surface area (Å²) in [5.74, 6) is 0. The van der Waals surface area contributed by atoms with E-state index in [4.69, 9.17) is 4.98 Å². The van der Waals surface area contributed by atoms with E-state index in [1.807, 2.05) is 83.3 Å². The van der Waals surface area contributed by atoms with Crippen molar-refractivity contribution in [1.82, 2.24) is 19.4 Å². The molecule has 39 heavy (non-hydrogen) atoms. The van der Waals surface area contributed by atoms with Crippen LogP contribution in [0, 0.1) is 0 Å². The average molecular weight is 501 g/mol. The van der Waals surface area contributed by atoms with Gasteiger partial charge in [-0.05, 0) is 65.0 Å². The predicted molar refractivity (Wildman–Crippen MR) is 157 cm³/mol. The zero-order valence-corrected chi connectivity index (χ0v) is 20.7. The van der Waals surface area contributed by atoms with Gasteiger partial charge in [-0.1, -0.05) is 60.7 Å². The van der Waals surface area contributed by atoms with Crippen molar-refractivity contribution in [2.24, 2.45) is 0 Å². The molecule has 8 aromatic rings. The first kappa shape index (κ1) is 21.6. The second-order valence-electron chi connectivity index (χ2n) is 9.64. The van der Waals surface area contributed by atoms with E-state index in [-0.39, 0.29) is 5.56 Å². The summed E-state index contributed by atoms with van der Waals surface area (Å²) in [6.07, 6.45) is 3.56. The zero-order chi connectivity index (χ0) is 25.9. The largest absolute Gasteiger partial charge is 0.275 e. The van der Waals surface area contributed by atoms with Gasteiger partial charge in [0.1, 0.15) is 0 Å². The number of fused-ring (bicyclic) bond motifs is 5. The lowest BCUT2D eigenvalue weighted by Gasteiger charge is -2.12. The number of rotatable bonds is 3. The van der Waals surface area contributed by atoms with E-state index in [9.17, 15) is 4.79 Å². The minimum atomic E-state index is -0.000437. The molecule has 0 saturated carbocycles. The van der Waals surface area contributed by atoms with E-state index in [0.29, 0.717) is 0 Å². The Bertz CT molecular complexity index is 2180. The molecule has 0 fully saturated rings. The normalized spacial score (nSPS) is 11.7. The van der Waals surface area contributed by atoms with Crippen LogP contribution >= 0.6 is 0 Å². The highest BCUT2D eigenvalue weighted by Crippen LogP contribution is 2.41. The lowest BCUT2D eigenvalue weighted by Crippen LogP contribution is -2.12. The minimum Gasteiger partial charge on any atom is -0.275 e. The topological polar surface area (TPSA) is 60.2 Å². The van der Waals surface area contributed by atoms with E-state index in [1.165, 1.54) is 0 Å². The molecule has 0 atom stereocenters. The number of benzene rings is 3. The second kappa shape index (κ2) is 8.30. The van der Waals surface area contributed by atoms with Gasteiger partial charge < -0.3 is 0 Å². The molecule has 0 aliphatic rings. The average Bonchev–Trinajstić information content (AvgIpc) is 3.36. The van der Waals surface area contributed by atoms with Crippen molar-refractivity contribution in [3.63, 3.8) is 0 Å². The van der Waals surface area contributed by atoms with E-state index < -0.39 is 0 Å². The monoisotopic (exact) mass is 500 g/mol. The molecule has 0 aliphatic heterocycles. The lowest BCUT2D eigenvalue weighted by atomic mass is 9.95. The van der Waals surface area contributed by atoms with Crippen LogP contribution in [0.25, 0.3) is 71.9 Å². The fraction of sp³-hybridized carbons (Fsp3) is 0. The summed E-state index contributed by atoms with van der Waals surface area (Å²) in [6.45, 7) is 0. The lowest BCUT2D eigenvalue weighted by molar-refractivity contribution is 1.21. The van der Waals surface area contributed by atoms with Crippen molar-refractivity contribution >= 4 is 38.0 Å². The molecule has 5 heterocycles. The molecule has 0 saturated heterocycles. The Morgan fingerprint density at radius 3 is 1.82 bits per heavy atom. The van der Waals surface area contributed by atoms with Crippen LogP contribution in [0.3, 0.4) is 0 Å². The van der Waals surface area contributed by atoms with Crippen LogP contribution in [0.4, 0.5) is 0 Å². The Labute approximate surface area is 223 Å². The number of nitrogens with zero attached hydrogens (tertiary/aromatic N) is 4. The summed E-state index contributed by atoms with van der Waals surface area (Å²) in [6, 6.07) is 36.1. The SMILES string of the molecule is O=c1c2ccccc2c2ccc(-c3cc(-c4ccccn4)nc(-c4ccccn4)c3)c3c4ccccc4n1c23. The van der Waals surface area contributed by atoms with Gasteiger partial charge in [-0.3, -0.25) is 19.2 Å². The molecule has 0 amide bonds. The van der Waals surface area contributed by atoms with Crippen LogP contribution in [-0.2, 0) is 0 Å². The molecule has 8 rings (SSSR count). The van der Waals surface area contributed by atoms with Crippen LogP contribution < -0.4 is 5.56 Å². The highest BCUT2D eigenvalue weighted by molar-refractivity contribution is 6.24. The van der Waals surface area contributed by atoms with Crippen LogP contribution in [0.1, 0.15) is 0 Å². The van der Waals surface area contributed by atoms with Gasteiger partial charge in [0.05, 0.1) is 33.8 Å². The highest BCUT2D eigenvalue weighted by atomic mass is 16.1. The third-order valence-electron chi connectivity index (χ3n) is 7.46. The van der Waals surface area contributed by atoms with Gasteiger partial charge in [-0.2, -0.15) is 0 Å². The van der Waals surface area contributed by atoms with Gasteiger partial charge in [0.25, 0.3) is 5.56 Å². The van der Waals surface area contributed by atoms with Crippen LogP contribution in [0.2, 0.25) is 0 Å². The fourth-order valence-electron chi connectivity index (χ4n) is 5.77. The smallest absolute Gasteiger partial charge is 0.263 e. The maximum absolute atomic E-state index is 13.8. The van der Waals surface area contributed by atoms with Gasteiger partial charge in [0.15, 0.2) is 0 Å². The highest BCUT2D eigenvalue weighted by Gasteiger charge is 2.21. The number of hydrogen-bond acceptors (Lipinski definition) is 4. The molecule has 0 radical (unpaired) electrons. The minimum absolute atomic E-state index is 0.000437. The Morgan fingerprint density at radius 2 is 1.15 bits per heavy atom. The van der Waals surface area contributed by atoms with Crippen molar-refractivity contribution < 1.29 is 0 Å². The second-order valence-corrected chi connectivity index (χ2v) is 9.64. The van der Waals surface area contributed by atoms with Gasteiger partial charge in [0.2, 0.25) is 0 Å². The van der Waals surface area contributed by atoms with Gasteiger partial charge >= 0.3 is 0 Å². The molecule has 5 heteroatoms. The molecule has 0 bridgehead atoms. The molecular formula is C34H20N4O. The first-order chi connectivity index (χ1) is 19.3. The number of hydrogen-bond donors (Lipinski definition) is 0. The maximum atomic E-state index is 13.8. The van der Waals surface area contributed by atoms with Crippen molar-refractivity contribution in [2.75, 3.05) is 0 Å². The fourth-order valence-corrected chi connectivity index (χ4v) is 5.77. The molecule has 0 unspecified atom stereocenters. The summed E-state index contributed by atoms with van der Waals surface area (Å²) in [4.78, 5) is 27.9. The summed E-state index contributed by atoms with van der Waals surface area (Å²) < 4.78 is 1.88. The third-order valence-corrected chi connectivity index (χ3v) is 7.46. The quantitative estimate of drug-likeness (QED) is 0.237. The number of para-hydroxylation sites is 1. The van der Waals surface area contributed by atoms with Gasteiger partial charge in [-0.15, -0.1) is 0 Å². The van der Waals surface area contributed by atoms with Gasteiger partial charge in [-0.25, -0.2) is 4.98 Å². The van der Waals surface area contributed by atoms with Crippen molar-refractivity contribution in [3.8, 4) is 33.9 Å². The molecule has 0 spiro atoms. The molecule has 0 N–H and O–H groups in total. The van der Waals surface area contributed by atoms with Crippen molar-refractivity contribution in [1.29, 1.82) is 0 Å². The summed E-state index contributed by atoms with van der Waals surface area (Å²) in [7, 11) is 0. The Hall–Kier alpha value is -5.42. The Morgan fingerprint density at radius 1 is 0.538 bits per heavy atom. The predicted octanol–water partition coefficient (Wildman–Crippen LogP) is 7.38. The van der Waals surface area contributed by atoms with E-state index >= 15 is 0 Å². The maximum Gasteiger partial charge on any atom is 0.263 e. The summed E-state index contributed by atoms with van der Waals surface area (Å²) >= 11 is 0. The summed E-state index contributed by atoms with van der Waals surface area (Å²) in [5, 5.41) is 4.84. The zero-order valence-electron chi connectivity index (χ0n) is 20.7. The number of pyridine rings is 4. The van der Waals surface area contributed by atoms with E-state index in [0.717, 1.165) is 71.9 Å². The molecule has 5 aromatic heterocycles. The first-order valence-electron chi connectivity index (χ1n) is 12.8. The van der Waals surface area contributed by atoms with Gasteiger partial charge in [0, 0.05) is 33.9 Å². The Balaban J connectivity index is 1.52. The molecule has 182 valence electrons. The molecule has 0 aliphatic carbocycles. The standard InChI is InChI=1S/C34H20N4O/c39-34-25-10-2-1-9-23(25)24-16-15-22(32-26-11-3-4-14-31(26)38(34)33(24)32)21-19-29(27-12-5-7-17-35-27)37-30(20-21)28-13-6-8-18-36-28/h1-20H. The summed E-state index contributed by atoms with van der Waals surface area (Å²) in [5.41, 5.74) is 6.98.